The summed E-state index contributed by atoms with van der Waals surface area (Å²) in [6, 6.07) is 0. The minimum absolute atomic E-state index is 0.105. The Morgan fingerprint density at radius 3 is 2.73 bits per heavy atom. The summed E-state index contributed by atoms with van der Waals surface area (Å²) in [7, 11) is 0. The maximum Gasteiger partial charge on any atom is 0.181 e. The molecule has 0 radical (unpaired) electrons. The molecule has 0 amide bonds. The summed E-state index contributed by atoms with van der Waals surface area (Å²) in [4.78, 5) is 12.0. The van der Waals surface area contributed by atoms with Crippen LogP contribution < -0.4 is 0 Å². The quantitative estimate of drug-likeness (QED) is 0.685. The maximum absolute atomic E-state index is 12.0. The summed E-state index contributed by atoms with van der Waals surface area (Å²) in [5.74, 6) is 2.22. The molecular formula is C20H28O2. The third-order valence-electron chi connectivity index (χ3n) is 7.92. The monoisotopic (exact) mass is 300 g/mol. The first-order valence-electron chi connectivity index (χ1n) is 8.97. The van der Waals surface area contributed by atoms with Gasteiger partial charge in [0.15, 0.2) is 5.78 Å². The van der Waals surface area contributed by atoms with Crippen molar-refractivity contribution in [2.45, 2.75) is 64.9 Å². The average molecular weight is 300 g/mol. The fraction of sp³-hybridized carbons (Fsp3) is 0.750. The van der Waals surface area contributed by atoms with Gasteiger partial charge in [0.2, 0.25) is 0 Å². The second kappa shape index (κ2) is 4.56. The van der Waals surface area contributed by atoms with E-state index in [9.17, 15) is 9.90 Å². The van der Waals surface area contributed by atoms with E-state index in [0.717, 1.165) is 37.2 Å². The van der Waals surface area contributed by atoms with Crippen LogP contribution in [0.5, 0.6) is 0 Å². The van der Waals surface area contributed by atoms with Gasteiger partial charge in [0.25, 0.3) is 0 Å². The predicted octanol–water partition coefficient (Wildman–Crippen LogP) is 4.05. The van der Waals surface area contributed by atoms with E-state index in [1.165, 1.54) is 24.8 Å². The molecule has 0 aromatic rings. The zero-order chi connectivity index (χ0) is 15.7. The Kier molecular flexibility index (Phi) is 3.05. The highest BCUT2D eigenvalue weighted by Gasteiger charge is 2.58. The number of hydrogen-bond donors (Lipinski definition) is 1. The molecule has 3 fully saturated rings. The molecule has 1 N–H and O–H groups in total. The first-order valence-corrected chi connectivity index (χ1v) is 8.97. The third kappa shape index (κ3) is 1.73. The molecule has 4 rings (SSSR count). The van der Waals surface area contributed by atoms with Crippen molar-refractivity contribution >= 4 is 5.78 Å². The summed E-state index contributed by atoms with van der Waals surface area (Å²) in [5.41, 5.74) is 2.46. The van der Waals surface area contributed by atoms with Crippen molar-refractivity contribution in [3.05, 3.63) is 23.8 Å². The van der Waals surface area contributed by atoms with Crippen molar-refractivity contribution in [3.63, 3.8) is 0 Å². The van der Waals surface area contributed by atoms with E-state index in [-0.39, 0.29) is 22.7 Å². The van der Waals surface area contributed by atoms with Crippen LogP contribution in [0, 0.1) is 28.6 Å². The van der Waals surface area contributed by atoms with Gasteiger partial charge in [0.05, 0.1) is 6.10 Å². The summed E-state index contributed by atoms with van der Waals surface area (Å²) in [5, 5.41) is 10.5. The number of aliphatic hydroxyl groups is 1. The summed E-state index contributed by atoms with van der Waals surface area (Å²) < 4.78 is 0. The Morgan fingerprint density at radius 1 is 1.18 bits per heavy atom. The van der Waals surface area contributed by atoms with Gasteiger partial charge in [-0.1, -0.05) is 26.0 Å². The van der Waals surface area contributed by atoms with E-state index in [2.05, 4.69) is 20.4 Å². The van der Waals surface area contributed by atoms with Crippen molar-refractivity contribution in [1.82, 2.24) is 0 Å². The molecule has 6 unspecified atom stereocenters. The highest BCUT2D eigenvalue weighted by atomic mass is 16.3. The molecule has 4 aliphatic rings. The predicted molar refractivity (Wildman–Crippen MR) is 87.2 cm³/mol. The first-order chi connectivity index (χ1) is 10.4. The van der Waals surface area contributed by atoms with Gasteiger partial charge in [-0.15, -0.1) is 0 Å². The zero-order valence-corrected chi connectivity index (χ0v) is 13.9. The number of carbonyl (C=O) groups is 1. The van der Waals surface area contributed by atoms with Crippen LogP contribution in [0.2, 0.25) is 0 Å². The molecule has 0 aromatic carbocycles. The van der Waals surface area contributed by atoms with Gasteiger partial charge in [0.1, 0.15) is 0 Å². The smallest absolute Gasteiger partial charge is 0.181 e. The van der Waals surface area contributed by atoms with Gasteiger partial charge in [-0.3, -0.25) is 4.79 Å². The molecular weight excluding hydrogens is 272 g/mol. The molecule has 0 spiro atoms. The number of ketones is 1. The fourth-order valence-electron chi connectivity index (χ4n) is 6.57. The normalized spacial score (nSPS) is 51.0. The van der Waals surface area contributed by atoms with E-state index in [4.69, 9.17) is 0 Å². The van der Waals surface area contributed by atoms with Crippen molar-refractivity contribution in [1.29, 1.82) is 0 Å². The van der Waals surface area contributed by atoms with Crippen LogP contribution in [0.25, 0.3) is 0 Å². The van der Waals surface area contributed by atoms with Gasteiger partial charge >= 0.3 is 0 Å². The zero-order valence-electron chi connectivity index (χ0n) is 13.9. The van der Waals surface area contributed by atoms with E-state index in [1.54, 1.807) is 0 Å². The lowest BCUT2D eigenvalue weighted by molar-refractivity contribution is -0.113. The summed E-state index contributed by atoms with van der Waals surface area (Å²) in [6.07, 6.45) is 9.43. The van der Waals surface area contributed by atoms with Gasteiger partial charge < -0.3 is 5.11 Å². The van der Waals surface area contributed by atoms with Crippen LogP contribution >= 0.6 is 0 Å². The van der Waals surface area contributed by atoms with Crippen molar-refractivity contribution in [2.75, 3.05) is 0 Å². The number of allylic oxidation sites excluding steroid dienone is 2. The summed E-state index contributed by atoms with van der Waals surface area (Å²) in [6.45, 7) is 8.73. The number of fused-ring (bicyclic) bond motifs is 5. The lowest BCUT2D eigenvalue weighted by Crippen LogP contribution is -2.51. The van der Waals surface area contributed by atoms with Crippen LogP contribution in [0.1, 0.15) is 58.8 Å². The van der Waals surface area contributed by atoms with Gasteiger partial charge in [-0.2, -0.15) is 0 Å². The van der Waals surface area contributed by atoms with Gasteiger partial charge in [0, 0.05) is 0 Å². The van der Waals surface area contributed by atoms with Crippen LogP contribution in [0.4, 0.5) is 0 Å². The standard InChI is InChI=1S/C20H28O2/c1-12-11-20(3)13(10-17(12)21)4-5-14-15-6-7-18(22)19(15,2)9-8-16(14)20/h10,14-16,18,22H,1,4-9,11H2,2-3H3. The topological polar surface area (TPSA) is 37.3 Å². The number of carbonyl (C=O) groups excluding carboxylic acids is 1. The molecule has 3 saturated carbocycles. The lowest BCUT2D eigenvalue weighted by Gasteiger charge is -2.57. The van der Waals surface area contributed by atoms with Gasteiger partial charge in [-0.25, -0.2) is 0 Å². The maximum atomic E-state index is 12.0. The molecule has 0 aromatic heterocycles. The van der Waals surface area contributed by atoms with Crippen molar-refractivity contribution in [3.8, 4) is 0 Å². The Balaban J connectivity index is 1.71. The second-order valence-corrected chi connectivity index (χ2v) is 8.78. The van der Waals surface area contributed by atoms with Crippen molar-refractivity contribution in [2.24, 2.45) is 28.6 Å². The fourth-order valence-corrected chi connectivity index (χ4v) is 6.57. The lowest BCUT2D eigenvalue weighted by atomic mass is 9.47. The van der Waals surface area contributed by atoms with E-state index >= 15 is 0 Å². The van der Waals surface area contributed by atoms with Crippen LogP contribution in [0.3, 0.4) is 0 Å². The molecule has 6 atom stereocenters. The van der Waals surface area contributed by atoms with Crippen LogP contribution in [-0.2, 0) is 4.79 Å². The molecule has 22 heavy (non-hydrogen) atoms. The SMILES string of the molecule is C=C1CC2(C)C(=CC1=O)CCC1C2CCC2(C)C(O)CCC12. The molecule has 4 aliphatic carbocycles. The van der Waals surface area contributed by atoms with E-state index in [0.29, 0.717) is 11.8 Å². The highest BCUT2D eigenvalue weighted by Crippen LogP contribution is 2.65. The van der Waals surface area contributed by atoms with E-state index < -0.39 is 0 Å². The second-order valence-electron chi connectivity index (χ2n) is 8.78. The molecule has 0 heterocycles. The van der Waals surface area contributed by atoms with Crippen LogP contribution in [-0.4, -0.2) is 17.0 Å². The molecule has 120 valence electrons. The Labute approximate surface area is 133 Å². The molecule has 0 saturated heterocycles. The first kappa shape index (κ1) is 14.7. The highest BCUT2D eigenvalue weighted by molar-refractivity contribution is 6.05. The number of rotatable bonds is 0. The largest absolute Gasteiger partial charge is 0.393 e. The van der Waals surface area contributed by atoms with Gasteiger partial charge in [-0.05, 0) is 85.2 Å². The molecule has 0 aliphatic heterocycles. The number of hydrogen-bond acceptors (Lipinski definition) is 2. The van der Waals surface area contributed by atoms with E-state index in [1.807, 2.05) is 6.08 Å². The Hall–Kier alpha value is -0.890. The van der Waals surface area contributed by atoms with Crippen molar-refractivity contribution < 1.29 is 9.90 Å². The number of aliphatic hydroxyl groups excluding tert-OH is 1. The third-order valence-corrected chi connectivity index (χ3v) is 7.92. The molecule has 0 bridgehead atoms. The minimum Gasteiger partial charge on any atom is -0.393 e. The van der Waals surface area contributed by atoms with Crippen LogP contribution in [0.15, 0.2) is 23.8 Å². The minimum atomic E-state index is -0.105. The summed E-state index contributed by atoms with van der Waals surface area (Å²) >= 11 is 0. The molecule has 2 heteroatoms. The molecule has 2 nitrogen and oxygen atoms in total. The Morgan fingerprint density at radius 2 is 1.95 bits per heavy atom. The average Bonchev–Trinajstić information content (AvgIpc) is 2.77. The Bertz CT molecular complexity index is 574.